The summed E-state index contributed by atoms with van der Waals surface area (Å²) >= 11 is 5.90. The van der Waals surface area contributed by atoms with Crippen LogP contribution in [0, 0.1) is 11.3 Å². The Kier molecular flexibility index (Phi) is 5.27. The van der Waals surface area contributed by atoms with Crippen LogP contribution in [0.2, 0.25) is 5.02 Å². The lowest BCUT2D eigenvalue weighted by Crippen LogP contribution is -2.27. The number of nitrogens with two attached hydrogens (primary N) is 1. The third-order valence-electron chi connectivity index (χ3n) is 3.38. The van der Waals surface area contributed by atoms with E-state index in [2.05, 4.69) is 0 Å². The lowest BCUT2D eigenvalue weighted by molar-refractivity contribution is -0.136. The second-order valence-corrected chi connectivity index (χ2v) is 5.17. The quantitative estimate of drug-likeness (QED) is 0.848. The summed E-state index contributed by atoms with van der Waals surface area (Å²) in [5.41, 5.74) is 6.83. The summed E-state index contributed by atoms with van der Waals surface area (Å²) < 4.78 is 15.3. The zero-order valence-electron chi connectivity index (χ0n) is 12.6. The molecule has 2 N–H and O–H groups in total. The molecule has 0 bridgehead atoms. The standard InChI is InChI=1S/C16H15ClN2O4/c1-21-8-12-14(16(20)22-2)13(11(7-18)15(19)23-12)9-3-5-10(17)6-4-9/h3-6,13H,8,19H2,1-2H3/t13-/m1/s1. The van der Waals surface area contributed by atoms with Crippen molar-refractivity contribution in [2.24, 2.45) is 5.73 Å². The monoisotopic (exact) mass is 334 g/mol. The topological polar surface area (TPSA) is 94.6 Å². The molecule has 1 aromatic rings. The third kappa shape index (κ3) is 3.31. The number of nitrogens with zero attached hydrogens (tertiary/aromatic N) is 1. The molecule has 0 aliphatic carbocycles. The number of esters is 1. The van der Waals surface area contributed by atoms with Gasteiger partial charge >= 0.3 is 5.97 Å². The Morgan fingerprint density at radius 3 is 2.57 bits per heavy atom. The van der Waals surface area contributed by atoms with Crippen LogP contribution in [-0.4, -0.2) is 26.8 Å². The van der Waals surface area contributed by atoms with Gasteiger partial charge in [0.1, 0.15) is 24.0 Å². The minimum atomic E-state index is -0.705. The Bertz CT molecular complexity index is 717. The Labute approximate surface area is 138 Å². The van der Waals surface area contributed by atoms with Crippen LogP contribution >= 0.6 is 11.6 Å². The smallest absolute Gasteiger partial charge is 0.338 e. The first kappa shape index (κ1) is 16.9. The Hall–Kier alpha value is -2.49. The van der Waals surface area contributed by atoms with Gasteiger partial charge in [-0.3, -0.25) is 0 Å². The minimum Gasteiger partial charge on any atom is -0.466 e. The molecule has 23 heavy (non-hydrogen) atoms. The number of halogens is 1. The largest absolute Gasteiger partial charge is 0.466 e. The normalized spacial score (nSPS) is 17.6. The van der Waals surface area contributed by atoms with E-state index in [9.17, 15) is 10.1 Å². The third-order valence-corrected chi connectivity index (χ3v) is 3.63. The molecule has 1 aliphatic heterocycles. The highest BCUT2D eigenvalue weighted by atomic mass is 35.5. The van der Waals surface area contributed by atoms with E-state index < -0.39 is 11.9 Å². The van der Waals surface area contributed by atoms with E-state index in [1.807, 2.05) is 6.07 Å². The molecule has 0 unspecified atom stereocenters. The summed E-state index contributed by atoms with van der Waals surface area (Å²) in [6, 6.07) is 8.78. The molecule has 1 atom stereocenters. The predicted molar refractivity (Wildman–Crippen MR) is 83.0 cm³/mol. The zero-order valence-corrected chi connectivity index (χ0v) is 13.4. The first-order valence-electron chi connectivity index (χ1n) is 6.66. The van der Waals surface area contributed by atoms with E-state index in [-0.39, 0.29) is 29.4 Å². The van der Waals surface area contributed by atoms with E-state index >= 15 is 0 Å². The number of benzene rings is 1. The van der Waals surface area contributed by atoms with E-state index in [4.69, 9.17) is 31.5 Å². The van der Waals surface area contributed by atoms with Crippen molar-refractivity contribution in [2.75, 3.05) is 20.8 Å². The second kappa shape index (κ2) is 7.18. The van der Waals surface area contributed by atoms with E-state index in [1.165, 1.54) is 14.2 Å². The van der Waals surface area contributed by atoms with Crippen molar-refractivity contribution in [1.82, 2.24) is 0 Å². The first-order chi connectivity index (χ1) is 11.0. The number of carbonyl (C=O) groups is 1. The zero-order chi connectivity index (χ0) is 17.0. The molecule has 2 rings (SSSR count). The van der Waals surface area contributed by atoms with Crippen molar-refractivity contribution in [3.8, 4) is 6.07 Å². The maximum atomic E-state index is 12.3. The number of allylic oxidation sites excluding steroid dienone is 1. The van der Waals surface area contributed by atoms with Gasteiger partial charge in [0, 0.05) is 12.1 Å². The number of methoxy groups -OCH3 is 2. The summed E-state index contributed by atoms with van der Waals surface area (Å²) in [5, 5.41) is 9.98. The number of ether oxygens (including phenoxy) is 3. The van der Waals surface area contributed by atoms with Gasteiger partial charge in [-0.15, -0.1) is 0 Å². The van der Waals surface area contributed by atoms with Crippen molar-refractivity contribution in [1.29, 1.82) is 5.26 Å². The number of hydrogen-bond donors (Lipinski definition) is 1. The molecule has 0 aromatic heterocycles. The summed E-state index contributed by atoms with van der Waals surface area (Å²) in [4.78, 5) is 12.3. The molecule has 7 heteroatoms. The van der Waals surface area contributed by atoms with Crippen molar-refractivity contribution in [2.45, 2.75) is 5.92 Å². The summed E-state index contributed by atoms with van der Waals surface area (Å²) in [5.74, 6) is -1.16. The highest BCUT2D eigenvalue weighted by Gasteiger charge is 2.37. The van der Waals surface area contributed by atoms with Crippen LogP contribution in [0.25, 0.3) is 0 Å². The van der Waals surface area contributed by atoms with Crippen LogP contribution in [0.4, 0.5) is 0 Å². The van der Waals surface area contributed by atoms with Gasteiger partial charge in [0.2, 0.25) is 5.88 Å². The van der Waals surface area contributed by atoms with Gasteiger partial charge in [-0.25, -0.2) is 4.79 Å². The highest BCUT2D eigenvalue weighted by Crippen LogP contribution is 2.39. The molecule has 0 amide bonds. The van der Waals surface area contributed by atoms with Crippen LogP contribution in [-0.2, 0) is 19.0 Å². The molecule has 120 valence electrons. The fourth-order valence-electron chi connectivity index (χ4n) is 2.38. The minimum absolute atomic E-state index is 0.0218. The van der Waals surface area contributed by atoms with Crippen molar-refractivity contribution in [3.05, 3.63) is 57.6 Å². The highest BCUT2D eigenvalue weighted by molar-refractivity contribution is 6.30. The van der Waals surface area contributed by atoms with Gasteiger partial charge in [-0.2, -0.15) is 5.26 Å². The van der Waals surface area contributed by atoms with Gasteiger partial charge in [-0.05, 0) is 17.7 Å². The maximum Gasteiger partial charge on any atom is 0.338 e. The van der Waals surface area contributed by atoms with Gasteiger partial charge in [0.15, 0.2) is 0 Å². The molecule has 1 aromatic carbocycles. The molecule has 1 heterocycles. The van der Waals surface area contributed by atoms with Crippen molar-refractivity contribution >= 4 is 17.6 Å². The van der Waals surface area contributed by atoms with E-state index in [1.54, 1.807) is 24.3 Å². The van der Waals surface area contributed by atoms with E-state index in [0.717, 1.165) is 0 Å². The van der Waals surface area contributed by atoms with Crippen LogP contribution in [0.5, 0.6) is 0 Å². The molecule has 0 radical (unpaired) electrons. The molecule has 0 spiro atoms. The average Bonchev–Trinajstić information content (AvgIpc) is 2.54. The SMILES string of the molecule is COCC1=C(C(=O)OC)[C@H](c2ccc(Cl)cc2)C(C#N)=C(N)O1. The molecule has 0 saturated carbocycles. The lowest BCUT2D eigenvalue weighted by atomic mass is 9.83. The average molecular weight is 335 g/mol. The van der Waals surface area contributed by atoms with Crippen LogP contribution in [0.15, 0.2) is 47.1 Å². The Morgan fingerprint density at radius 1 is 1.39 bits per heavy atom. The maximum absolute atomic E-state index is 12.3. The Morgan fingerprint density at radius 2 is 2.04 bits per heavy atom. The molecule has 1 aliphatic rings. The van der Waals surface area contributed by atoms with Gasteiger partial charge in [-0.1, -0.05) is 23.7 Å². The fourth-order valence-corrected chi connectivity index (χ4v) is 2.50. The van der Waals surface area contributed by atoms with Crippen LogP contribution < -0.4 is 5.73 Å². The number of nitriles is 1. The molecular formula is C16H15ClN2O4. The summed E-state index contributed by atoms with van der Waals surface area (Å²) in [6.07, 6.45) is 0. The first-order valence-corrected chi connectivity index (χ1v) is 7.04. The summed E-state index contributed by atoms with van der Waals surface area (Å²) in [6.45, 7) is 0.0218. The van der Waals surface area contributed by atoms with Gasteiger partial charge in [0.25, 0.3) is 0 Å². The van der Waals surface area contributed by atoms with Crippen LogP contribution in [0.3, 0.4) is 0 Å². The number of hydrogen-bond acceptors (Lipinski definition) is 6. The summed E-state index contributed by atoms with van der Waals surface area (Å²) in [7, 11) is 2.72. The van der Waals surface area contributed by atoms with Gasteiger partial charge in [0.05, 0.1) is 18.6 Å². The van der Waals surface area contributed by atoms with Gasteiger partial charge < -0.3 is 19.9 Å². The van der Waals surface area contributed by atoms with E-state index in [0.29, 0.717) is 10.6 Å². The molecule has 0 fully saturated rings. The molecule has 0 saturated heterocycles. The Balaban J connectivity index is 2.65. The van der Waals surface area contributed by atoms with Crippen molar-refractivity contribution < 1.29 is 19.0 Å². The van der Waals surface area contributed by atoms with Crippen molar-refractivity contribution in [3.63, 3.8) is 0 Å². The van der Waals surface area contributed by atoms with Crippen LogP contribution in [0.1, 0.15) is 11.5 Å². The predicted octanol–water partition coefficient (Wildman–Crippen LogP) is 2.22. The number of rotatable bonds is 4. The molecular weight excluding hydrogens is 320 g/mol. The lowest BCUT2D eigenvalue weighted by Gasteiger charge is -2.27. The second-order valence-electron chi connectivity index (χ2n) is 4.74. The fraction of sp³-hybridized carbons (Fsp3) is 0.250. The molecule has 6 nitrogen and oxygen atoms in total. The number of carbonyl (C=O) groups excluding carboxylic acids is 1.